The summed E-state index contributed by atoms with van der Waals surface area (Å²) in [5, 5.41) is 4.42. The molecule has 1 aliphatic carbocycles. The SMILES string of the molecule is Cc1nn(C2CCCC2)cc1S(=O)(=O)NCc1ccc2c(c1)OCO2. The van der Waals surface area contributed by atoms with Crippen molar-refractivity contribution in [2.75, 3.05) is 6.79 Å². The lowest BCUT2D eigenvalue weighted by atomic mass is 10.2. The summed E-state index contributed by atoms with van der Waals surface area (Å²) in [6, 6.07) is 5.72. The van der Waals surface area contributed by atoms with E-state index >= 15 is 0 Å². The molecule has 1 fully saturated rings. The van der Waals surface area contributed by atoms with Crippen LogP contribution in [0.5, 0.6) is 11.5 Å². The third kappa shape index (κ3) is 3.23. The van der Waals surface area contributed by atoms with Crippen LogP contribution in [0.2, 0.25) is 0 Å². The average Bonchev–Trinajstić information content (AvgIpc) is 3.32. The fraction of sp³-hybridized carbons (Fsp3) is 0.471. The molecule has 0 radical (unpaired) electrons. The summed E-state index contributed by atoms with van der Waals surface area (Å²) >= 11 is 0. The van der Waals surface area contributed by atoms with Gasteiger partial charge in [0.25, 0.3) is 0 Å². The van der Waals surface area contributed by atoms with Crippen LogP contribution in [0, 0.1) is 6.92 Å². The molecule has 1 saturated carbocycles. The Morgan fingerprint density at radius 2 is 2.00 bits per heavy atom. The second-order valence-corrected chi connectivity index (χ2v) is 8.24. The van der Waals surface area contributed by atoms with E-state index in [4.69, 9.17) is 9.47 Å². The molecule has 1 N–H and O–H groups in total. The molecule has 2 heterocycles. The maximum atomic E-state index is 12.7. The highest BCUT2D eigenvalue weighted by Crippen LogP contribution is 2.33. The second kappa shape index (κ2) is 6.34. The Kier molecular flexibility index (Phi) is 4.16. The summed E-state index contributed by atoms with van der Waals surface area (Å²) in [6.45, 7) is 2.12. The first-order valence-corrected chi connectivity index (χ1v) is 9.95. The molecular weight excluding hydrogens is 342 g/mol. The van der Waals surface area contributed by atoms with Crippen LogP contribution < -0.4 is 14.2 Å². The van der Waals surface area contributed by atoms with E-state index in [0.717, 1.165) is 18.4 Å². The van der Waals surface area contributed by atoms with Crippen molar-refractivity contribution in [2.24, 2.45) is 0 Å². The fourth-order valence-electron chi connectivity index (χ4n) is 3.39. The number of rotatable bonds is 5. The molecule has 4 rings (SSSR count). The van der Waals surface area contributed by atoms with Gasteiger partial charge in [-0.1, -0.05) is 18.9 Å². The van der Waals surface area contributed by atoms with Crippen molar-refractivity contribution < 1.29 is 17.9 Å². The summed E-state index contributed by atoms with van der Waals surface area (Å²) in [7, 11) is -3.62. The molecule has 0 unspecified atom stereocenters. The Balaban J connectivity index is 1.50. The molecule has 2 aliphatic rings. The quantitative estimate of drug-likeness (QED) is 0.883. The van der Waals surface area contributed by atoms with E-state index < -0.39 is 10.0 Å². The molecule has 0 saturated heterocycles. The molecule has 1 aromatic carbocycles. The van der Waals surface area contributed by atoms with E-state index in [1.165, 1.54) is 12.8 Å². The van der Waals surface area contributed by atoms with Gasteiger partial charge in [0.1, 0.15) is 4.90 Å². The Hall–Kier alpha value is -2.06. The maximum absolute atomic E-state index is 12.7. The van der Waals surface area contributed by atoms with Crippen molar-refractivity contribution >= 4 is 10.0 Å². The number of ether oxygens (including phenoxy) is 2. The van der Waals surface area contributed by atoms with Gasteiger partial charge in [-0.05, 0) is 37.5 Å². The van der Waals surface area contributed by atoms with Crippen molar-refractivity contribution in [2.45, 2.75) is 50.1 Å². The fourth-order valence-corrected chi connectivity index (χ4v) is 4.58. The van der Waals surface area contributed by atoms with Crippen molar-refractivity contribution in [3.05, 3.63) is 35.7 Å². The Morgan fingerprint density at radius 1 is 1.24 bits per heavy atom. The highest BCUT2D eigenvalue weighted by molar-refractivity contribution is 7.89. The van der Waals surface area contributed by atoms with Crippen LogP contribution in [0.1, 0.15) is 43.0 Å². The Bertz CT molecular complexity index is 885. The van der Waals surface area contributed by atoms with Crippen LogP contribution >= 0.6 is 0 Å². The Morgan fingerprint density at radius 3 is 2.80 bits per heavy atom. The zero-order chi connectivity index (χ0) is 17.4. The molecule has 25 heavy (non-hydrogen) atoms. The first-order valence-electron chi connectivity index (χ1n) is 8.47. The van der Waals surface area contributed by atoms with Gasteiger partial charge in [0.15, 0.2) is 11.5 Å². The monoisotopic (exact) mass is 363 g/mol. The van der Waals surface area contributed by atoms with Gasteiger partial charge in [-0.25, -0.2) is 13.1 Å². The van der Waals surface area contributed by atoms with Gasteiger partial charge in [0.2, 0.25) is 16.8 Å². The molecule has 134 valence electrons. The van der Waals surface area contributed by atoms with E-state index in [0.29, 0.717) is 23.2 Å². The molecular formula is C17H21N3O4S. The lowest BCUT2D eigenvalue weighted by Gasteiger charge is -2.09. The van der Waals surface area contributed by atoms with E-state index in [1.54, 1.807) is 25.3 Å². The van der Waals surface area contributed by atoms with Crippen LogP contribution in [-0.4, -0.2) is 25.0 Å². The lowest BCUT2D eigenvalue weighted by molar-refractivity contribution is 0.174. The number of aromatic nitrogens is 2. The van der Waals surface area contributed by atoms with Gasteiger partial charge in [0, 0.05) is 12.7 Å². The van der Waals surface area contributed by atoms with Crippen LogP contribution in [0.4, 0.5) is 0 Å². The largest absolute Gasteiger partial charge is 0.454 e. The minimum Gasteiger partial charge on any atom is -0.454 e. The van der Waals surface area contributed by atoms with Gasteiger partial charge in [-0.2, -0.15) is 5.10 Å². The number of fused-ring (bicyclic) bond motifs is 1. The number of nitrogens with one attached hydrogen (secondary N) is 1. The zero-order valence-corrected chi connectivity index (χ0v) is 14.9. The normalized spacial score (nSPS) is 17.3. The summed E-state index contributed by atoms with van der Waals surface area (Å²) in [5.74, 6) is 1.32. The lowest BCUT2D eigenvalue weighted by Crippen LogP contribution is -2.23. The van der Waals surface area contributed by atoms with Crippen molar-refractivity contribution in [1.82, 2.24) is 14.5 Å². The number of hydrogen-bond donors (Lipinski definition) is 1. The van der Waals surface area contributed by atoms with Gasteiger partial charge < -0.3 is 9.47 Å². The Labute approximate surface area is 147 Å². The molecule has 0 bridgehead atoms. The van der Waals surface area contributed by atoms with Gasteiger partial charge in [0.05, 0.1) is 11.7 Å². The molecule has 0 atom stereocenters. The number of hydrogen-bond acceptors (Lipinski definition) is 5. The predicted molar refractivity (Wildman–Crippen MR) is 91.1 cm³/mol. The number of nitrogens with zero attached hydrogens (tertiary/aromatic N) is 2. The van der Waals surface area contributed by atoms with Crippen LogP contribution in [0.3, 0.4) is 0 Å². The van der Waals surface area contributed by atoms with Gasteiger partial charge >= 0.3 is 0 Å². The van der Waals surface area contributed by atoms with E-state index in [-0.39, 0.29) is 18.2 Å². The standard InChI is InChI=1S/C17H21N3O4S/c1-12-17(10-20(19-12)14-4-2-3-5-14)25(21,22)18-9-13-6-7-15-16(8-13)24-11-23-15/h6-8,10,14,18H,2-5,9,11H2,1H3. The zero-order valence-electron chi connectivity index (χ0n) is 14.1. The van der Waals surface area contributed by atoms with E-state index in [9.17, 15) is 8.42 Å². The average molecular weight is 363 g/mol. The number of benzene rings is 1. The first-order chi connectivity index (χ1) is 12.0. The second-order valence-electron chi connectivity index (χ2n) is 6.51. The molecule has 0 amide bonds. The summed E-state index contributed by atoms with van der Waals surface area (Å²) in [5.41, 5.74) is 1.35. The molecule has 1 aromatic heterocycles. The third-order valence-electron chi connectivity index (χ3n) is 4.76. The first kappa shape index (κ1) is 16.4. The minimum absolute atomic E-state index is 0.188. The molecule has 8 heteroatoms. The van der Waals surface area contributed by atoms with Crippen LogP contribution in [-0.2, 0) is 16.6 Å². The van der Waals surface area contributed by atoms with Crippen molar-refractivity contribution in [1.29, 1.82) is 0 Å². The van der Waals surface area contributed by atoms with Gasteiger partial charge in [-0.15, -0.1) is 0 Å². The van der Waals surface area contributed by atoms with Gasteiger partial charge in [-0.3, -0.25) is 4.68 Å². The van der Waals surface area contributed by atoms with E-state index in [1.807, 2.05) is 10.7 Å². The van der Waals surface area contributed by atoms with Crippen LogP contribution in [0.25, 0.3) is 0 Å². The molecule has 0 spiro atoms. The highest BCUT2D eigenvalue weighted by Gasteiger charge is 2.24. The molecule has 1 aliphatic heterocycles. The third-order valence-corrected chi connectivity index (χ3v) is 6.27. The highest BCUT2D eigenvalue weighted by atomic mass is 32.2. The number of sulfonamides is 1. The molecule has 2 aromatic rings. The summed E-state index contributed by atoms with van der Waals surface area (Å²) in [6.07, 6.45) is 6.13. The van der Waals surface area contributed by atoms with Crippen molar-refractivity contribution in [3.8, 4) is 11.5 Å². The van der Waals surface area contributed by atoms with Crippen LogP contribution in [0.15, 0.2) is 29.3 Å². The maximum Gasteiger partial charge on any atom is 0.244 e. The number of aryl methyl sites for hydroxylation is 1. The minimum atomic E-state index is -3.62. The van der Waals surface area contributed by atoms with Crippen molar-refractivity contribution in [3.63, 3.8) is 0 Å². The smallest absolute Gasteiger partial charge is 0.244 e. The summed E-state index contributed by atoms with van der Waals surface area (Å²) in [4.78, 5) is 0.250. The van der Waals surface area contributed by atoms with E-state index in [2.05, 4.69) is 9.82 Å². The summed E-state index contributed by atoms with van der Waals surface area (Å²) < 4.78 is 40.4. The predicted octanol–water partition coefficient (Wildman–Crippen LogP) is 2.51. The topological polar surface area (TPSA) is 82.5 Å². The molecule has 7 nitrogen and oxygen atoms in total.